The highest BCUT2D eigenvalue weighted by atomic mass is 19.4. The van der Waals surface area contributed by atoms with Crippen molar-refractivity contribution in [2.75, 3.05) is 13.1 Å². The molecule has 0 radical (unpaired) electrons. The molecule has 1 aromatic heterocycles. The quantitative estimate of drug-likeness (QED) is 0.912. The third kappa shape index (κ3) is 3.25. The number of aliphatic hydroxyl groups is 1. The van der Waals surface area contributed by atoms with E-state index >= 15 is 0 Å². The van der Waals surface area contributed by atoms with Crippen LogP contribution in [0.5, 0.6) is 0 Å². The van der Waals surface area contributed by atoms with Crippen molar-refractivity contribution in [2.45, 2.75) is 31.2 Å². The molecule has 7 heteroatoms. The van der Waals surface area contributed by atoms with Gasteiger partial charge in [0, 0.05) is 25.2 Å². The van der Waals surface area contributed by atoms with Gasteiger partial charge in [0.25, 0.3) is 0 Å². The maximum Gasteiger partial charge on any atom is 0.417 e. The summed E-state index contributed by atoms with van der Waals surface area (Å²) in [6, 6.07) is 9.67. The van der Waals surface area contributed by atoms with Gasteiger partial charge in [-0.3, -0.25) is 10.00 Å². The number of nitrogens with one attached hydrogen (secondary N) is 1. The first kappa shape index (κ1) is 16.0. The molecule has 1 aliphatic heterocycles. The lowest BCUT2D eigenvalue weighted by Gasteiger charge is -2.39. The number of piperidine rings is 1. The standard InChI is InChI=1S/C16H18F3N3O/c17-16(18,19)15(23)6-8-22(9-7-15)11-13-10-20-21-14(13)12-4-2-1-3-5-12/h1-5,10,23H,6-9,11H2,(H,20,21). The summed E-state index contributed by atoms with van der Waals surface area (Å²) >= 11 is 0. The number of nitrogens with zero attached hydrogens (tertiary/aromatic N) is 2. The lowest BCUT2D eigenvalue weighted by atomic mass is 9.90. The van der Waals surface area contributed by atoms with Crippen LogP contribution in [-0.4, -0.2) is 45.1 Å². The highest BCUT2D eigenvalue weighted by molar-refractivity contribution is 5.62. The molecule has 1 aromatic carbocycles. The van der Waals surface area contributed by atoms with Gasteiger partial charge < -0.3 is 5.11 Å². The van der Waals surface area contributed by atoms with E-state index in [1.165, 1.54) is 0 Å². The van der Waals surface area contributed by atoms with Gasteiger partial charge in [0.1, 0.15) is 0 Å². The molecule has 3 rings (SSSR count). The molecular formula is C16H18F3N3O. The number of H-pyrrole nitrogens is 1. The lowest BCUT2D eigenvalue weighted by molar-refractivity contribution is -0.272. The average Bonchev–Trinajstić information content (AvgIpc) is 2.98. The highest BCUT2D eigenvalue weighted by Gasteiger charge is 2.54. The van der Waals surface area contributed by atoms with Crippen molar-refractivity contribution in [3.05, 3.63) is 42.1 Å². The molecule has 0 saturated carbocycles. The Morgan fingerprint density at radius 1 is 1.17 bits per heavy atom. The van der Waals surface area contributed by atoms with Crippen LogP contribution in [0.25, 0.3) is 11.3 Å². The van der Waals surface area contributed by atoms with Gasteiger partial charge in [0.2, 0.25) is 0 Å². The zero-order chi connectivity index (χ0) is 16.5. The zero-order valence-electron chi connectivity index (χ0n) is 12.5. The van der Waals surface area contributed by atoms with Crippen LogP contribution in [-0.2, 0) is 6.54 Å². The molecule has 0 amide bonds. The molecule has 0 atom stereocenters. The third-order valence-corrected chi connectivity index (χ3v) is 4.39. The fourth-order valence-electron chi connectivity index (χ4n) is 2.89. The van der Waals surface area contributed by atoms with Crippen LogP contribution >= 0.6 is 0 Å². The monoisotopic (exact) mass is 325 g/mol. The molecule has 2 aromatic rings. The molecule has 1 fully saturated rings. The smallest absolute Gasteiger partial charge is 0.380 e. The largest absolute Gasteiger partial charge is 0.417 e. The van der Waals surface area contributed by atoms with Crippen LogP contribution in [0.1, 0.15) is 18.4 Å². The Morgan fingerprint density at radius 2 is 1.83 bits per heavy atom. The number of halogens is 3. The van der Waals surface area contributed by atoms with Crippen molar-refractivity contribution in [1.82, 2.24) is 15.1 Å². The second-order valence-corrected chi connectivity index (χ2v) is 5.94. The summed E-state index contributed by atoms with van der Waals surface area (Å²) in [4.78, 5) is 1.91. The molecule has 23 heavy (non-hydrogen) atoms. The van der Waals surface area contributed by atoms with Crippen LogP contribution < -0.4 is 0 Å². The normalized spacial score (nSPS) is 19.0. The first-order valence-corrected chi connectivity index (χ1v) is 7.48. The predicted octanol–water partition coefficient (Wildman–Crippen LogP) is 2.97. The third-order valence-electron chi connectivity index (χ3n) is 4.39. The summed E-state index contributed by atoms with van der Waals surface area (Å²) in [6.07, 6.45) is -3.46. The molecule has 0 spiro atoms. The second-order valence-electron chi connectivity index (χ2n) is 5.94. The Hall–Kier alpha value is -1.86. The summed E-state index contributed by atoms with van der Waals surface area (Å²) in [7, 11) is 0. The Labute approximate surface area is 131 Å². The van der Waals surface area contributed by atoms with Gasteiger partial charge in [0.05, 0.1) is 11.9 Å². The van der Waals surface area contributed by atoms with E-state index in [1.807, 2.05) is 35.2 Å². The number of benzene rings is 1. The highest BCUT2D eigenvalue weighted by Crippen LogP contribution is 2.38. The van der Waals surface area contributed by atoms with Gasteiger partial charge in [-0.25, -0.2) is 0 Å². The summed E-state index contributed by atoms with van der Waals surface area (Å²) in [5, 5.41) is 16.7. The van der Waals surface area contributed by atoms with Crippen LogP contribution in [0, 0.1) is 0 Å². The van der Waals surface area contributed by atoms with Crippen LogP contribution in [0.2, 0.25) is 0 Å². The average molecular weight is 325 g/mol. The van der Waals surface area contributed by atoms with Crippen LogP contribution in [0.15, 0.2) is 36.5 Å². The van der Waals surface area contributed by atoms with E-state index in [0.717, 1.165) is 16.8 Å². The zero-order valence-corrected chi connectivity index (χ0v) is 12.5. The van der Waals surface area contributed by atoms with E-state index in [2.05, 4.69) is 10.2 Å². The molecule has 0 unspecified atom stereocenters. The Balaban J connectivity index is 1.68. The molecule has 124 valence electrons. The number of hydrogen-bond donors (Lipinski definition) is 2. The SMILES string of the molecule is OC1(C(F)(F)F)CCN(Cc2cn[nH]c2-c2ccccc2)CC1. The minimum absolute atomic E-state index is 0.204. The molecular weight excluding hydrogens is 307 g/mol. The number of likely N-dealkylation sites (tertiary alicyclic amines) is 1. The van der Waals surface area contributed by atoms with Crippen molar-refractivity contribution in [1.29, 1.82) is 0 Å². The fraction of sp³-hybridized carbons (Fsp3) is 0.438. The lowest BCUT2D eigenvalue weighted by Crippen LogP contribution is -2.53. The first-order chi connectivity index (χ1) is 10.9. The molecule has 0 bridgehead atoms. The van der Waals surface area contributed by atoms with Crippen molar-refractivity contribution >= 4 is 0 Å². The summed E-state index contributed by atoms with van der Waals surface area (Å²) in [6.45, 7) is 0.916. The summed E-state index contributed by atoms with van der Waals surface area (Å²) < 4.78 is 38.5. The van der Waals surface area contributed by atoms with E-state index in [4.69, 9.17) is 0 Å². The molecule has 1 aliphatic rings. The molecule has 2 N–H and O–H groups in total. The van der Waals surface area contributed by atoms with E-state index < -0.39 is 11.8 Å². The van der Waals surface area contributed by atoms with E-state index in [1.54, 1.807) is 6.20 Å². The van der Waals surface area contributed by atoms with Gasteiger partial charge in [-0.1, -0.05) is 30.3 Å². The number of aromatic nitrogens is 2. The van der Waals surface area contributed by atoms with E-state index in [-0.39, 0.29) is 25.9 Å². The predicted molar refractivity (Wildman–Crippen MR) is 79.5 cm³/mol. The molecule has 1 saturated heterocycles. The van der Waals surface area contributed by atoms with Gasteiger partial charge in [-0.05, 0) is 18.4 Å². The van der Waals surface area contributed by atoms with Crippen molar-refractivity contribution in [2.24, 2.45) is 0 Å². The summed E-state index contributed by atoms with van der Waals surface area (Å²) in [5.41, 5.74) is 0.252. The van der Waals surface area contributed by atoms with Crippen LogP contribution in [0.3, 0.4) is 0 Å². The second kappa shape index (κ2) is 5.98. The number of hydrogen-bond acceptors (Lipinski definition) is 3. The fourth-order valence-corrected chi connectivity index (χ4v) is 2.89. The van der Waals surface area contributed by atoms with Gasteiger partial charge in [-0.2, -0.15) is 18.3 Å². The summed E-state index contributed by atoms with van der Waals surface area (Å²) in [5.74, 6) is 0. The first-order valence-electron chi connectivity index (χ1n) is 7.48. The number of rotatable bonds is 3. The Bertz CT molecular complexity index is 646. The van der Waals surface area contributed by atoms with E-state index in [0.29, 0.717) is 6.54 Å². The van der Waals surface area contributed by atoms with Gasteiger partial charge in [0.15, 0.2) is 5.60 Å². The van der Waals surface area contributed by atoms with Crippen molar-refractivity contribution in [3.63, 3.8) is 0 Å². The van der Waals surface area contributed by atoms with Crippen LogP contribution in [0.4, 0.5) is 13.2 Å². The minimum atomic E-state index is -4.57. The maximum atomic E-state index is 12.8. The molecule has 0 aliphatic carbocycles. The number of aromatic amines is 1. The van der Waals surface area contributed by atoms with Gasteiger partial charge in [-0.15, -0.1) is 0 Å². The van der Waals surface area contributed by atoms with Crippen molar-refractivity contribution < 1.29 is 18.3 Å². The number of alkyl halides is 3. The van der Waals surface area contributed by atoms with Crippen molar-refractivity contribution in [3.8, 4) is 11.3 Å². The van der Waals surface area contributed by atoms with Gasteiger partial charge >= 0.3 is 6.18 Å². The Kier molecular flexibility index (Phi) is 4.16. The maximum absolute atomic E-state index is 12.8. The topological polar surface area (TPSA) is 52.1 Å². The minimum Gasteiger partial charge on any atom is -0.380 e. The van der Waals surface area contributed by atoms with E-state index in [9.17, 15) is 18.3 Å². The Morgan fingerprint density at radius 3 is 2.43 bits per heavy atom. The molecule has 2 heterocycles. The molecule has 4 nitrogen and oxygen atoms in total.